The summed E-state index contributed by atoms with van der Waals surface area (Å²) in [6, 6.07) is 9.54. The number of ether oxygens (including phenoxy) is 1. The van der Waals surface area contributed by atoms with Crippen LogP contribution in [0, 0.1) is 10.1 Å². The molecule has 3 rings (SSSR count). The maximum atomic E-state index is 13.1. The number of nitrogens with one attached hydrogen (secondary N) is 1. The molecular weight excluding hydrogens is 460 g/mol. The predicted molar refractivity (Wildman–Crippen MR) is 129 cm³/mol. The normalized spacial score (nSPS) is 15.4. The van der Waals surface area contributed by atoms with E-state index in [-0.39, 0.29) is 16.3 Å². The van der Waals surface area contributed by atoms with Gasteiger partial charge in [0.15, 0.2) is 0 Å². The summed E-state index contributed by atoms with van der Waals surface area (Å²) >= 11 is 0. The molecule has 34 heavy (non-hydrogen) atoms. The Hall–Kier alpha value is -3.18. The highest BCUT2D eigenvalue weighted by Gasteiger charge is 2.27. The van der Waals surface area contributed by atoms with Crippen molar-refractivity contribution in [2.75, 3.05) is 32.1 Å². The molecule has 1 unspecified atom stereocenters. The molecular formula is C23H30N4O6S. The first-order valence-electron chi connectivity index (χ1n) is 11.2. The van der Waals surface area contributed by atoms with E-state index in [1.54, 1.807) is 39.1 Å². The maximum Gasteiger partial charge on any atom is 0.322 e. The van der Waals surface area contributed by atoms with E-state index < -0.39 is 27.0 Å². The van der Waals surface area contributed by atoms with Crippen molar-refractivity contribution in [2.24, 2.45) is 0 Å². The van der Waals surface area contributed by atoms with Gasteiger partial charge in [0.05, 0.1) is 28.2 Å². The van der Waals surface area contributed by atoms with Crippen LogP contribution in [0.5, 0.6) is 5.75 Å². The van der Waals surface area contributed by atoms with Crippen molar-refractivity contribution in [3.8, 4) is 5.75 Å². The minimum Gasteiger partial charge on any atom is -0.492 e. The number of carbonyl (C=O) groups excluding carboxylic acids is 1. The largest absolute Gasteiger partial charge is 0.492 e. The first kappa shape index (κ1) is 25.4. The van der Waals surface area contributed by atoms with Crippen LogP contribution < -0.4 is 10.1 Å². The molecule has 0 aromatic heterocycles. The van der Waals surface area contributed by atoms with E-state index in [0.29, 0.717) is 31.0 Å². The highest BCUT2D eigenvalue weighted by Crippen LogP contribution is 2.31. The van der Waals surface area contributed by atoms with Crippen LogP contribution >= 0.6 is 0 Å². The molecule has 0 radical (unpaired) electrons. The van der Waals surface area contributed by atoms with Crippen molar-refractivity contribution >= 4 is 27.4 Å². The van der Waals surface area contributed by atoms with Crippen LogP contribution in [-0.2, 0) is 10.0 Å². The van der Waals surface area contributed by atoms with Crippen LogP contribution in [-0.4, -0.2) is 55.3 Å². The van der Waals surface area contributed by atoms with Gasteiger partial charge >= 0.3 is 6.03 Å². The lowest BCUT2D eigenvalue weighted by atomic mass is 10.1. The zero-order valence-electron chi connectivity index (χ0n) is 19.6. The lowest BCUT2D eigenvalue weighted by Gasteiger charge is -2.27. The van der Waals surface area contributed by atoms with Gasteiger partial charge in [0, 0.05) is 32.3 Å². The summed E-state index contributed by atoms with van der Waals surface area (Å²) in [5, 5.41) is 13.8. The van der Waals surface area contributed by atoms with E-state index in [2.05, 4.69) is 5.32 Å². The number of sulfonamides is 1. The number of nitrogens with zero attached hydrogens (tertiary/aromatic N) is 3. The highest BCUT2D eigenvalue weighted by atomic mass is 32.2. The minimum atomic E-state index is -3.70. The molecule has 11 heteroatoms. The van der Waals surface area contributed by atoms with Gasteiger partial charge in [-0.25, -0.2) is 13.2 Å². The van der Waals surface area contributed by atoms with Gasteiger partial charge in [0.2, 0.25) is 10.0 Å². The Morgan fingerprint density at radius 1 is 1.21 bits per heavy atom. The molecule has 1 fully saturated rings. The topological polar surface area (TPSA) is 122 Å². The number of amides is 2. The van der Waals surface area contributed by atoms with Gasteiger partial charge in [-0.15, -0.1) is 0 Å². The quantitative estimate of drug-likeness (QED) is 0.432. The van der Waals surface area contributed by atoms with E-state index in [0.717, 1.165) is 19.3 Å². The van der Waals surface area contributed by atoms with Crippen LogP contribution in [0.25, 0.3) is 0 Å². The lowest BCUT2D eigenvalue weighted by molar-refractivity contribution is -0.384. The van der Waals surface area contributed by atoms with Crippen molar-refractivity contribution in [1.82, 2.24) is 9.21 Å². The van der Waals surface area contributed by atoms with Crippen molar-refractivity contribution < 1.29 is 22.9 Å². The molecule has 10 nitrogen and oxygen atoms in total. The third kappa shape index (κ3) is 5.65. The van der Waals surface area contributed by atoms with Crippen LogP contribution in [0.1, 0.15) is 44.7 Å². The number of rotatable bonds is 8. The number of nitro groups is 1. The van der Waals surface area contributed by atoms with Crippen molar-refractivity contribution in [1.29, 1.82) is 0 Å². The van der Waals surface area contributed by atoms with Gasteiger partial charge in [0.1, 0.15) is 5.75 Å². The molecule has 1 heterocycles. The maximum absolute atomic E-state index is 13.1. The Balaban J connectivity index is 1.85. The second kappa shape index (κ2) is 10.8. The standard InChI is InChI=1S/C23H30N4O6S/c1-4-33-22-12-11-20(34(31,32)26-13-6-5-7-14-26)16-21(22)24-23(28)25(3)17(2)18-9-8-10-19(15-18)27(29)30/h8-12,15-17H,4-7,13-14H2,1-3H3,(H,24,28). The van der Waals surface area contributed by atoms with Gasteiger partial charge < -0.3 is 15.0 Å². The molecule has 0 bridgehead atoms. The van der Waals surface area contributed by atoms with Crippen LogP contribution in [0.4, 0.5) is 16.2 Å². The number of benzene rings is 2. The van der Waals surface area contributed by atoms with Gasteiger partial charge in [-0.2, -0.15) is 4.31 Å². The summed E-state index contributed by atoms with van der Waals surface area (Å²) in [5.74, 6) is 0.352. The Bertz CT molecular complexity index is 1150. The van der Waals surface area contributed by atoms with E-state index in [1.165, 1.54) is 33.5 Å². The number of nitro benzene ring substituents is 1. The number of hydrogen-bond acceptors (Lipinski definition) is 6. The molecule has 1 N–H and O–H groups in total. The summed E-state index contributed by atoms with van der Waals surface area (Å²) in [7, 11) is -2.13. The predicted octanol–water partition coefficient (Wildman–Crippen LogP) is 4.39. The van der Waals surface area contributed by atoms with Gasteiger partial charge in [-0.05, 0) is 50.5 Å². The average Bonchev–Trinajstić information content (AvgIpc) is 2.84. The lowest BCUT2D eigenvalue weighted by Crippen LogP contribution is -2.36. The molecule has 2 amide bonds. The molecule has 2 aromatic carbocycles. The molecule has 0 spiro atoms. The number of urea groups is 1. The van der Waals surface area contributed by atoms with E-state index in [4.69, 9.17) is 4.74 Å². The van der Waals surface area contributed by atoms with Crippen molar-refractivity contribution in [3.05, 3.63) is 58.1 Å². The summed E-state index contributed by atoms with van der Waals surface area (Å²) in [4.78, 5) is 25.1. The van der Waals surface area contributed by atoms with Crippen LogP contribution in [0.2, 0.25) is 0 Å². The van der Waals surface area contributed by atoms with Gasteiger partial charge in [-0.3, -0.25) is 10.1 Å². The summed E-state index contributed by atoms with van der Waals surface area (Å²) in [6.45, 7) is 4.82. The number of carbonyl (C=O) groups is 1. The third-order valence-corrected chi connectivity index (χ3v) is 7.80. The van der Waals surface area contributed by atoms with E-state index >= 15 is 0 Å². The first-order valence-corrected chi connectivity index (χ1v) is 12.6. The zero-order valence-corrected chi connectivity index (χ0v) is 20.4. The second-order valence-corrected chi connectivity index (χ2v) is 10.1. The summed E-state index contributed by atoms with van der Waals surface area (Å²) < 4.78 is 33.3. The molecule has 0 saturated carbocycles. The first-order chi connectivity index (χ1) is 16.1. The third-order valence-electron chi connectivity index (χ3n) is 5.91. The minimum absolute atomic E-state index is 0.0626. The Morgan fingerprint density at radius 2 is 1.91 bits per heavy atom. The molecule has 1 atom stereocenters. The number of piperidine rings is 1. The fraction of sp³-hybridized carbons (Fsp3) is 0.435. The average molecular weight is 491 g/mol. The Labute approximate surface area is 199 Å². The molecule has 184 valence electrons. The van der Waals surface area contributed by atoms with E-state index in [1.807, 2.05) is 0 Å². The molecule has 1 saturated heterocycles. The molecule has 2 aromatic rings. The summed E-state index contributed by atoms with van der Waals surface area (Å²) in [6.07, 6.45) is 2.64. The zero-order chi connectivity index (χ0) is 24.9. The molecule has 0 aliphatic carbocycles. The monoisotopic (exact) mass is 490 g/mol. The van der Waals surface area contributed by atoms with E-state index in [9.17, 15) is 23.3 Å². The van der Waals surface area contributed by atoms with Gasteiger partial charge in [-0.1, -0.05) is 18.6 Å². The molecule has 1 aliphatic rings. The Morgan fingerprint density at radius 3 is 2.56 bits per heavy atom. The number of non-ortho nitro benzene ring substituents is 1. The van der Waals surface area contributed by atoms with Gasteiger partial charge in [0.25, 0.3) is 5.69 Å². The van der Waals surface area contributed by atoms with Crippen molar-refractivity contribution in [2.45, 2.75) is 44.0 Å². The summed E-state index contributed by atoms with van der Waals surface area (Å²) in [5.41, 5.74) is 0.772. The number of hydrogen-bond donors (Lipinski definition) is 1. The van der Waals surface area contributed by atoms with Crippen LogP contribution in [0.15, 0.2) is 47.4 Å². The highest BCUT2D eigenvalue weighted by molar-refractivity contribution is 7.89. The SMILES string of the molecule is CCOc1ccc(S(=O)(=O)N2CCCCC2)cc1NC(=O)N(C)C(C)c1cccc([N+](=O)[O-])c1. The fourth-order valence-electron chi connectivity index (χ4n) is 3.80. The Kier molecular flexibility index (Phi) is 8.11. The number of anilines is 1. The molecule has 1 aliphatic heterocycles. The van der Waals surface area contributed by atoms with Crippen molar-refractivity contribution in [3.63, 3.8) is 0 Å². The fourth-order valence-corrected chi connectivity index (χ4v) is 5.35. The second-order valence-electron chi connectivity index (χ2n) is 8.12. The van der Waals surface area contributed by atoms with Crippen LogP contribution in [0.3, 0.4) is 0 Å². The smallest absolute Gasteiger partial charge is 0.322 e.